The van der Waals surface area contributed by atoms with E-state index >= 15 is 0 Å². The van der Waals surface area contributed by atoms with Gasteiger partial charge in [0.15, 0.2) is 5.58 Å². The third kappa shape index (κ3) is 1.54. The molecule has 1 aromatic heterocycles. The van der Waals surface area contributed by atoms with Crippen LogP contribution in [0.2, 0.25) is 0 Å². The number of fused-ring (bicyclic) bond motifs is 1. The van der Waals surface area contributed by atoms with E-state index in [9.17, 15) is 9.59 Å². The fourth-order valence-electron chi connectivity index (χ4n) is 1.64. The average molecular weight is 223 g/mol. The van der Waals surface area contributed by atoms with Crippen LogP contribution in [0.5, 0.6) is 5.75 Å². The Balaban J connectivity index is 2.68. The Kier molecular flexibility index (Phi) is 2.19. The Hall–Kier alpha value is -2.24. The van der Waals surface area contributed by atoms with Gasteiger partial charge in [-0.3, -0.25) is 4.57 Å². The second-order valence-corrected chi connectivity index (χ2v) is 3.38. The summed E-state index contributed by atoms with van der Waals surface area (Å²) in [5, 5.41) is 8.47. The zero-order chi connectivity index (χ0) is 11.9. The SMILES string of the molecule is Cc1cc(OC(=O)O)cc2oc(=O)n(C)c12. The Morgan fingerprint density at radius 3 is 2.81 bits per heavy atom. The lowest BCUT2D eigenvalue weighted by Gasteiger charge is -2.02. The summed E-state index contributed by atoms with van der Waals surface area (Å²) >= 11 is 0. The summed E-state index contributed by atoms with van der Waals surface area (Å²) in [6.07, 6.45) is -1.41. The predicted octanol–water partition coefficient (Wildman–Crippen LogP) is 1.50. The van der Waals surface area contributed by atoms with E-state index in [0.717, 1.165) is 0 Å². The zero-order valence-electron chi connectivity index (χ0n) is 8.68. The molecule has 2 aromatic rings. The topological polar surface area (TPSA) is 81.7 Å². The van der Waals surface area contributed by atoms with Crippen molar-refractivity contribution >= 4 is 17.3 Å². The number of hydrogen-bond donors (Lipinski definition) is 1. The highest BCUT2D eigenvalue weighted by molar-refractivity contribution is 5.79. The summed E-state index contributed by atoms with van der Waals surface area (Å²) in [7, 11) is 1.58. The minimum Gasteiger partial charge on any atom is -0.449 e. The number of rotatable bonds is 1. The van der Waals surface area contributed by atoms with Crippen LogP contribution in [0, 0.1) is 6.92 Å². The molecule has 1 aromatic carbocycles. The van der Waals surface area contributed by atoms with Gasteiger partial charge in [-0.25, -0.2) is 9.59 Å². The van der Waals surface area contributed by atoms with E-state index in [-0.39, 0.29) is 5.75 Å². The van der Waals surface area contributed by atoms with E-state index in [1.807, 2.05) is 0 Å². The molecule has 0 bridgehead atoms. The Labute approximate surface area is 89.7 Å². The van der Waals surface area contributed by atoms with E-state index in [4.69, 9.17) is 9.52 Å². The minimum atomic E-state index is -1.41. The van der Waals surface area contributed by atoms with Crippen molar-refractivity contribution in [2.24, 2.45) is 7.05 Å². The van der Waals surface area contributed by atoms with Gasteiger partial charge in [0.1, 0.15) is 5.75 Å². The van der Waals surface area contributed by atoms with Crippen LogP contribution in [0.25, 0.3) is 11.1 Å². The van der Waals surface area contributed by atoms with Crippen LogP contribution < -0.4 is 10.5 Å². The van der Waals surface area contributed by atoms with Gasteiger partial charge < -0.3 is 14.3 Å². The van der Waals surface area contributed by atoms with E-state index in [2.05, 4.69) is 4.74 Å². The van der Waals surface area contributed by atoms with Crippen molar-refractivity contribution in [2.75, 3.05) is 0 Å². The molecule has 0 unspecified atom stereocenters. The molecule has 0 atom stereocenters. The average Bonchev–Trinajstić information content (AvgIpc) is 2.41. The molecule has 1 N–H and O–H groups in total. The van der Waals surface area contributed by atoms with Crippen LogP contribution in [-0.4, -0.2) is 15.8 Å². The summed E-state index contributed by atoms with van der Waals surface area (Å²) in [5.74, 6) is -0.363. The molecule has 16 heavy (non-hydrogen) atoms. The maximum Gasteiger partial charge on any atom is 0.511 e. The molecule has 2 rings (SSSR count). The first kappa shape index (κ1) is 10.3. The third-order valence-electron chi connectivity index (χ3n) is 2.25. The Morgan fingerprint density at radius 1 is 1.50 bits per heavy atom. The van der Waals surface area contributed by atoms with Crippen LogP contribution in [0.1, 0.15) is 5.56 Å². The molecule has 0 spiro atoms. The molecule has 84 valence electrons. The fourth-order valence-corrected chi connectivity index (χ4v) is 1.64. The predicted molar refractivity (Wildman–Crippen MR) is 54.8 cm³/mol. The minimum absolute atomic E-state index is 0.131. The number of hydrogen-bond acceptors (Lipinski definition) is 4. The number of nitrogens with zero attached hydrogens (tertiary/aromatic N) is 1. The molecule has 0 saturated carbocycles. The first-order valence-electron chi connectivity index (χ1n) is 4.50. The summed E-state index contributed by atoms with van der Waals surface area (Å²) in [5.41, 5.74) is 1.65. The highest BCUT2D eigenvalue weighted by atomic mass is 16.7. The molecular formula is C10H9NO5. The number of carbonyl (C=O) groups is 1. The van der Waals surface area contributed by atoms with Gasteiger partial charge in [0.2, 0.25) is 0 Å². The third-order valence-corrected chi connectivity index (χ3v) is 2.25. The standard InChI is InChI=1S/C10H9NO5/c1-5-3-6(15-10(13)14)4-7-8(5)11(2)9(12)16-7/h3-4H,1-2H3,(H,13,14). The van der Waals surface area contributed by atoms with Crippen molar-refractivity contribution in [3.63, 3.8) is 0 Å². The van der Waals surface area contributed by atoms with Gasteiger partial charge in [-0.05, 0) is 18.6 Å². The molecule has 6 nitrogen and oxygen atoms in total. The fraction of sp³-hybridized carbons (Fsp3) is 0.200. The summed E-state index contributed by atoms with van der Waals surface area (Å²) in [6, 6.07) is 2.91. The zero-order valence-corrected chi connectivity index (χ0v) is 8.68. The number of aryl methyl sites for hydroxylation is 2. The summed E-state index contributed by atoms with van der Waals surface area (Å²) in [4.78, 5) is 21.6. The second kappa shape index (κ2) is 3.41. The maximum absolute atomic E-state index is 11.3. The second-order valence-electron chi connectivity index (χ2n) is 3.38. The summed E-state index contributed by atoms with van der Waals surface area (Å²) < 4.78 is 10.8. The monoisotopic (exact) mass is 223 g/mol. The van der Waals surface area contributed by atoms with Crippen LogP contribution in [0.4, 0.5) is 4.79 Å². The van der Waals surface area contributed by atoms with Crippen molar-refractivity contribution in [1.29, 1.82) is 0 Å². The van der Waals surface area contributed by atoms with E-state index in [0.29, 0.717) is 16.7 Å². The van der Waals surface area contributed by atoms with Crippen molar-refractivity contribution in [3.8, 4) is 5.75 Å². The first-order valence-corrected chi connectivity index (χ1v) is 4.50. The molecule has 0 fully saturated rings. The van der Waals surface area contributed by atoms with Crippen LogP contribution in [-0.2, 0) is 7.05 Å². The molecule has 0 aliphatic carbocycles. The van der Waals surface area contributed by atoms with E-state index < -0.39 is 11.9 Å². The molecule has 6 heteroatoms. The molecule has 0 radical (unpaired) electrons. The van der Waals surface area contributed by atoms with Gasteiger partial charge in [0, 0.05) is 13.1 Å². The van der Waals surface area contributed by atoms with Gasteiger partial charge >= 0.3 is 11.9 Å². The Morgan fingerprint density at radius 2 is 2.19 bits per heavy atom. The number of oxazole rings is 1. The quantitative estimate of drug-likeness (QED) is 0.585. The largest absolute Gasteiger partial charge is 0.511 e. The maximum atomic E-state index is 11.3. The molecule has 0 amide bonds. The van der Waals surface area contributed by atoms with Crippen LogP contribution >= 0.6 is 0 Å². The van der Waals surface area contributed by atoms with Gasteiger partial charge in [-0.2, -0.15) is 0 Å². The molecule has 0 aliphatic heterocycles. The lowest BCUT2D eigenvalue weighted by atomic mass is 10.2. The van der Waals surface area contributed by atoms with Crippen molar-refractivity contribution in [3.05, 3.63) is 28.2 Å². The van der Waals surface area contributed by atoms with Crippen molar-refractivity contribution in [1.82, 2.24) is 4.57 Å². The van der Waals surface area contributed by atoms with Crippen molar-refractivity contribution in [2.45, 2.75) is 6.92 Å². The van der Waals surface area contributed by atoms with Gasteiger partial charge in [-0.15, -0.1) is 0 Å². The van der Waals surface area contributed by atoms with E-state index in [1.54, 1.807) is 14.0 Å². The normalized spacial score (nSPS) is 10.6. The number of carboxylic acid groups (broad SMARTS) is 1. The number of benzene rings is 1. The van der Waals surface area contributed by atoms with Crippen LogP contribution in [0.3, 0.4) is 0 Å². The lowest BCUT2D eigenvalue weighted by molar-refractivity contribution is 0.144. The molecule has 0 aliphatic rings. The van der Waals surface area contributed by atoms with Gasteiger partial charge in [-0.1, -0.05) is 0 Å². The van der Waals surface area contributed by atoms with Crippen molar-refractivity contribution < 1.29 is 19.1 Å². The Bertz CT molecular complexity index is 622. The molecular weight excluding hydrogens is 214 g/mol. The highest BCUT2D eigenvalue weighted by Crippen LogP contribution is 2.23. The summed E-state index contributed by atoms with van der Waals surface area (Å²) in [6.45, 7) is 1.74. The number of aromatic nitrogens is 1. The molecule has 1 heterocycles. The smallest absolute Gasteiger partial charge is 0.449 e. The van der Waals surface area contributed by atoms with Gasteiger partial charge in [0.05, 0.1) is 5.52 Å². The lowest BCUT2D eigenvalue weighted by Crippen LogP contribution is -2.09. The number of ether oxygens (including phenoxy) is 1. The highest BCUT2D eigenvalue weighted by Gasteiger charge is 2.12. The molecule has 0 saturated heterocycles. The van der Waals surface area contributed by atoms with E-state index in [1.165, 1.54) is 16.7 Å². The first-order chi connectivity index (χ1) is 7.49. The van der Waals surface area contributed by atoms with Gasteiger partial charge in [0.25, 0.3) is 0 Å². The van der Waals surface area contributed by atoms with Crippen LogP contribution in [0.15, 0.2) is 21.3 Å².